The number of halogens is 1. The maximum absolute atomic E-state index is 12.2. The number of carbonyl (C=O) groups excluding carboxylic acids is 1. The lowest BCUT2D eigenvalue weighted by Gasteiger charge is -2.04. The van der Waals surface area contributed by atoms with Crippen molar-refractivity contribution < 1.29 is 9.21 Å². The van der Waals surface area contributed by atoms with Gasteiger partial charge in [0.05, 0.1) is 18.3 Å². The van der Waals surface area contributed by atoms with Gasteiger partial charge in [-0.3, -0.25) is 9.78 Å². The van der Waals surface area contributed by atoms with Gasteiger partial charge in [0.2, 0.25) is 5.91 Å². The molecule has 0 aliphatic carbocycles. The van der Waals surface area contributed by atoms with Crippen molar-refractivity contribution in [3.8, 4) is 0 Å². The third-order valence-corrected chi connectivity index (χ3v) is 3.82. The number of fused-ring (bicyclic) bond motifs is 1. The van der Waals surface area contributed by atoms with E-state index in [-0.39, 0.29) is 12.3 Å². The van der Waals surface area contributed by atoms with Gasteiger partial charge in [-0.15, -0.1) is 0 Å². The molecule has 0 radical (unpaired) electrons. The highest BCUT2D eigenvalue weighted by Crippen LogP contribution is 2.31. The molecule has 4 nitrogen and oxygen atoms in total. The van der Waals surface area contributed by atoms with Crippen molar-refractivity contribution in [2.75, 3.05) is 5.32 Å². The van der Waals surface area contributed by atoms with Crippen LogP contribution in [0.2, 0.25) is 0 Å². The number of anilines is 1. The number of aryl methyl sites for hydroxylation is 1. The fourth-order valence-electron chi connectivity index (χ4n) is 2.20. The summed E-state index contributed by atoms with van der Waals surface area (Å²) in [6.45, 7) is 2.01. The summed E-state index contributed by atoms with van der Waals surface area (Å²) in [6, 6.07) is 9.51. The Labute approximate surface area is 130 Å². The van der Waals surface area contributed by atoms with Gasteiger partial charge in [-0.1, -0.05) is 11.6 Å². The van der Waals surface area contributed by atoms with E-state index in [4.69, 9.17) is 4.42 Å². The predicted molar refractivity (Wildman–Crippen MR) is 85.2 cm³/mol. The smallest absolute Gasteiger partial charge is 0.229 e. The third kappa shape index (κ3) is 2.97. The van der Waals surface area contributed by atoms with E-state index >= 15 is 0 Å². The van der Waals surface area contributed by atoms with Crippen molar-refractivity contribution in [3.63, 3.8) is 0 Å². The van der Waals surface area contributed by atoms with Crippen molar-refractivity contribution >= 4 is 38.5 Å². The van der Waals surface area contributed by atoms with Crippen LogP contribution >= 0.6 is 15.9 Å². The fraction of sp³-hybridized carbons (Fsp3) is 0.125. The molecule has 0 saturated carbocycles. The molecule has 1 amide bonds. The Morgan fingerprint density at radius 3 is 3.00 bits per heavy atom. The molecule has 3 aromatic rings. The van der Waals surface area contributed by atoms with Crippen LogP contribution in [0.15, 0.2) is 51.8 Å². The quantitative estimate of drug-likeness (QED) is 0.778. The monoisotopic (exact) mass is 344 g/mol. The minimum Gasteiger partial charge on any atom is -0.449 e. The van der Waals surface area contributed by atoms with Crippen LogP contribution in [-0.2, 0) is 11.2 Å². The molecule has 0 spiro atoms. The van der Waals surface area contributed by atoms with Crippen LogP contribution in [0.25, 0.3) is 11.0 Å². The van der Waals surface area contributed by atoms with E-state index in [1.807, 2.05) is 25.1 Å². The number of furan rings is 1. The normalized spacial score (nSPS) is 10.8. The standard InChI is InChI=1S/C16H13BrN2O2/c1-10-4-5-14-12(7-10)13(16(17)21-14)8-15(20)19-11-3-2-6-18-9-11/h2-7,9H,8H2,1H3,(H,19,20). The molecule has 3 rings (SSSR count). The number of nitrogens with one attached hydrogen (secondary N) is 1. The molecule has 1 aromatic carbocycles. The number of aromatic nitrogens is 1. The maximum atomic E-state index is 12.2. The molecular formula is C16H13BrN2O2. The van der Waals surface area contributed by atoms with Crippen molar-refractivity contribution in [2.24, 2.45) is 0 Å². The lowest BCUT2D eigenvalue weighted by molar-refractivity contribution is -0.115. The first-order chi connectivity index (χ1) is 10.1. The van der Waals surface area contributed by atoms with Gasteiger partial charge in [-0.05, 0) is 47.1 Å². The third-order valence-electron chi connectivity index (χ3n) is 3.18. The summed E-state index contributed by atoms with van der Waals surface area (Å²) in [4.78, 5) is 16.1. The Hall–Kier alpha value is -2.14. The number of hydrogen-bond donors (Lipinski definition) is 1. The Morgan fingerprint density at radius 1 is 1.38 bits per heavy atom. The van der Waals surface area contributed by atoms with Crippen molar-refractivity contribution in [2.45, 2.75) is 13.3 Å². The summed E-state index contributed by atoms with van der Waals surface area (Å²) in [5.41, 5.74) is 3.44. The molecule has 1 N–H and O–H groups in total. The molecule has 2 heterocycles. The highest BCUT2D eigenvalue weighted by Gasteiger charge is 2.15. The SMILES string of the molecule is Cc1ccc2oc(Br)c(CC(=O)Nc3cccnc3)c2c1. The first-order valence-electron chi connectivity index (χ1n) is 6.51. The lowest BCUT2D eigenvalue weighted by atomic mass is 10.1. The maximum Gasteiger partial charge on any atom is 0.229 e. The number of amides is 1. The van der Waals surface area contributed by atoms with Gasteiger partial charge in [0.1, 0.15) is 5.58 Å². The summed E-state index contributed by atoms with van der Waals surface area (Å²) in [6.07, 6.45) is 3.52. The zero-order valence-corrected chi connectivity index (χ0v) is 13.0. The summed E-state index contributed by atoms with van der Waals surface area (Å²) in [7, 11) is 0. The zero-order valence-electron chi connectivity index (χ0n) is 11.4. The van der Waals surface area contributed by atoms with Crippen LogP contribution in [0.3, 0.4) is 0 Å². The molecule has 2 aromatic heterocycles. The average Bonchev–Trinajstić information content (AvgIpc) is 2.76. The van der Waals surface area contributed by atoms with Gasteiger partial charge in [-0.25, -0.2) is 0 Å². The van der Waals surface area contributed by atoms with Gasteiger partial charge in [0, 0.05) is 17.1 Å². The highest BCUT2D eigenvalue weighted by atomic mass is 79.9. The molecule has 0 fully saturated rings. The molecule has 0 aliphatic rings. The summed E-state index contributed by atoms with van der Waals surface area (Å²) in [5.74, 6) is -0.104. The van der Waals surface area contributed by atoms with Gasteiger partial charge < -0.3 is 9.73 Å². The van der Waals surface area contributed by atoms with Gasteiger partial charge in [0.15, 0.2) is 4.67 Å². The molecule has 106 valence electrons. The molecule has 0 atom stereocenters. The zero-order chi connectivity index (χ0) is 14.8. The number of hydrogen-bond acceptors (Lipinski definition) is 3. The number of nitrogens with zero attached hydrogens (tertiary/aromatic N) is 1. The van der Waals surface area contributed by atoms with E-state index in [0.29, 0.717) is 10.4 Å². The van der Waals surface area contributed by atoms with Gasteiger partial charge in [-0.2, -0.15) is 0 Å². The summed E-state index contributed by atoms with van der Waals surface area (Å²) in [5, 5.41) is 3.78. The Kier molecular flexibility index (Phi) is 3.75. The molecule has 0 bridgehead atoms. The fourth-order valence-corrected chi connectivity index (χ4v) is 2.73. The molecule has 0 aliphatic heterocycles. The second-order valence-electron chi connectivity index (χ2n) is 4.82. The van der Waals surface area contributed by atoms with Gasteiger partial charge in [0.25, 0.3) is 0 Å². The van der Waals surface area contributed by atoms with E-state index < -0.39 is 0 Å². The second-order valence-corrected chi connectivity index (χ2v) is 5.54. The van der Waals surface area contributed by atoms with Gasteiger partial charge >= 0.3 is 0 Å². The van der Waals surface area contributed by atoms with Crippen molar-refractivity contribution in [3.05, 3.63) is 58.5 Å². The number of pyridine rings is 1. The minimum atomic E-state index is -0.104. The number of rotatable bonds is 3. The number of benzene rings is 1. The first-order valence-corrected chi connectivity index (χ1v) is 7.30. The van der Waals surface area contributed by atoms with Crippen LogP contribution in [-0.4, -0.2) is 10.9 Å². The molecule has 0 saturated heterocycles. The van der Waals surface area contributed by atoms with Crippen LogP contribution in [0.5, 0.6) is 0 Å². The van der Waals surface area contributed by atoms with E-state index in [9.17, 15) is 4.79 Å². The van der Waals surface area contributed by atoms with Crippen molar-refractivity contribution in [1.82, 2.24) is 4.98 Å². The van der Waals surface area contributed by atoms with E-state index in [1.54, 1.807) is 24.5 Å². The Bertz CT molecular complexity index is 797. The largest absolute Gasteiger partial charge is 0.449 e. The van der Waals surface area contributed by atoms with Crippen LogP contribution in [0.1, 0.15) is 11.1 Å². The van der Waals surface area contributed by atoms with E-state index in [2.05, 4.69) is 26.2 Å². The van der Waals surface area contributed by atoms with E-state index in [1.165, 1.54) is 0 Å². The Morgan fingerprint density at radius 2 is 2.24 bits per heavy atom. The molecule has 5 heteroatoms. The lowest BCUT2D eigenvalue weighted by Crippen LogP contribution is -2.14. The van der Waals surface area contributed by atoms with Crippen LogP contribution < -0.4 is 5.32 Å². The molecular weight excluding hydrogens is 332 g/mol. The average molecular weight is 345 g/mol. The predicted octanol–water partition coefficient (Wildman–Crippen LogP) is 4.08. The summed E-state index contributed by atoms with van der Waals surface area (Å²) < 4.78 is 6.23. The minimum absolute atomic E-state index is 0.104. The van der Waals surface area contributed by atoms with Crippen LogP contribution in [0, 0.1) is 6.92 Å². The number of carbonyl (C=O) groups is 1. The molecule has 0 unspecified atom stereocenters. The Balaban J connectivity index is 1.86. The van der Waals surface area contributed by atoms with Crippen molar-refractivity contribution in [1.29, 1.82) is 0 Å². The van der Waals surface area contributed by atoms with E-state index in [0.717, 1.165) is 22.1 Å². The summed E-state index contributed by atoms with van der Waals surface area (Å²) >= 11 is 3.39. The van der Waals surface area contributed by atoms with Crippen LogP contribution in [0.4, 0.5) is 5.69 Å². The second kappa shape index (κ2) is 5.69. The first kappa shape index (κ1) is 13.8. The molecule has 21 heavy (non-hydrogen) atoms. The topological polar surface area (TPSA) is 55.1 Å². The highest BCUT2D eigenvalue weighted by molar-refractivity contribution is 9.10.